The number of thiophene rings is 1. The second-order valence-electron chi connectivity index (χ2n) is 6.04. The van der Waals surface area contributed by atoms with E-state index in [1.165, 1.54) is 15.9 Å². The molecule has 0 radical (unpaired) electrons. The second kappa shape index (κ2) is 7.55. The number of carbonyl (C=O) groups excluding carboxylic acids is 1. The quantitative estimate of drug-likeness (QED) is 0.536. The number of nitrogens with one attached hydrogen (secondary N) is 2. The van der Waals surface area contributed by atoms with Gasteiger partial charge in [-0.2, -0.15) is 10.2 Å². The predicted molar refractivity (Wildman–Crippen MR) is 104 cm³/mol. The topological polar surface area (TPSA) is 92.2 Å². The third-order valence-electron chi connectivity index (χ3n) is 4.14. The van der Waals surface area contributed by atoms with Gasteiger partial charge in [0.15, 0.2) is 5.82 Å². The van der Waals surface area contributed by atoms with Gasteiger partial charge in [0.05, 0.1) is 11.3 Å². The van der Waals surface area contributed by atoms with Crippen molar-refractivity contribution in [1.29, 1.82) is 0 Å². The van der Waals surface area contributed by atoms with Crippen LogP contribution in [0, 0.1) is 0 Å². The number of aromatic amines is 1. The molecule has 0 aliphatic carbocycles. The van der Waals surface area contributed by atoms with Gasteiger partial charge in [-0.15, -0.1) is 11.3 Å². The van der Waals surface area contributed by atoms with Gasteiger partial charge in [0.25, 0.3) is 5.56 Å². The van der Waals surface area contributed by atoms with Gasteiger partial charge >= 0.3 is 0 Å². The number of carbonyl (C=O) groups is 1. The molecule has 7 nitrogen and oxygen atoms in total. The highest BCUT2D eigenvalue weighted by Crippen LogP contribution is 2.23. The van der Waals surface area contributed by atoms with Crippen molar-refractivity contribution in [3.8, 4) is 10.6 Å². The van der Waals surface area contributed by atoms with Crippen LogP contribution in [0.2, 0.25) is 0 Å². The fourth-order valence-corrected chi connectivity index (χ4v) is 3.50. The third-order valence-corrected chi connectivity index (χ3v) is 5.04. The van der Waals surface area contributed by atoms with E-state index in [-0.39, 0.29) is 17.9 Å². The molecule has 0 spiro atoms. The zero-order chi connectivity index (χ0) is 18.6. The van der Waals surface area contributed by atoms with Gasteiger partial charge in [0.1, 0.15) is 11.2 Å². The van der Waals surface area contributed by atoms with Gasteiger partial charge in [-0.05, 0) is 29.5 Å². The van der Waals surface area contributed by atoms with E-state index in [0.717, 1.165) is 16.9 Å². The number of H-pyrrole nitrogens is 1. The van der Waals surface area contributed by atoms with Crippen molar-refractivity contribution in [2.24, 2.45) is 0 Å². The second-order valence-corrected chi connectivity index (χ2v) is 6.98. The van der Waals surface area contributed by atoms with E-state index >= 15 is 0 Å². The lowest BCUT2D eigenvalue weighted by Crippen LogP contribution is -2.29. The Labute approximate surface area is 158 Å². The number of rotatable bonds is 6. The normalized spacial score (nSPS) is 11.0. The molecule has 0 atom stereocenters. The summed E-state index contributed by atoms with van der Waals surface area (Å²) < 4.78 is 1.45. The molecule has 0 aliphatic rings. The van der Waals surface area contributed by atoms with Gasteiger partial charge in [0.2, 0.25) is 5.91 Å². The fourth-order valence-electron chi connectivity index (χ4n) is 2.82. The maximum absolute atomic E-state index is 12.3. The SMILES string of the molecule is O=C(Cc1n[nH]c(=O)c2cc(-c3cccs3)nn12)NCCc1ccccc1. The Balaban J connectivity index is 1.49. The summed E-state index contributed by atoms with van der Waals surface area (Å²) in [6, 6.07) is 15.5. The molecule has 136 valence electrons. The first-order valence-electron chi connectivity index (χ1n) is 8.52. The average Bonchev–Trinajstić information content (AvgIpc) is 3.35. The minimum absolute atomic E-state index is 0.0353. The lowest BCUT2D eigenvalue weighted by atomic mass is 10.1. The zero-order valence-corrected chi connectivity index (χ0v) is 15.2. The van der Waals surface area contributed by atoms with E-state index < -0.39 is 0 Å². The molecule has 0 bridgehead atoms. The monoisotopic (exact) mass is 379 g/mol. The van der Waals surface area contributed by atoms with Crippen LogP contribution in [0.4, 0.5) is 0 Å². The molecule has 0 aliphatic heterocycles. The van der Waals surface area contributed by atoms with E-state index in [2.05, 4.69) is 20.6 Å². The van der Waals surface area contributed by atoms with E-state index in [9.17, 15) is 9.59 Å². The molecule has 4 rings (SSSR count). The van der Waals surface area contributed by atoms with Crippen LogP contribution >= 0.6 is 11.3 Å². The summed E-state index contributed by atoms with van der Waals surface area (Å²) in [5, 5.41) is 15.8. The Hall–Kier alpha value is -3.26. The molecule has 4 aromatic rings. The third kappa shape index (κ3) is 3.80. The predicted octanol–water partition coefficient (Wildman–Crippen LogP) is 2.05. The summed E-state index contributed by atoms with van der Waals surface area (Å²) >= 11 is 1.54. The maximum Gasteiger partial charge on any atom is 0.290 e. The van der Waals surface area contributed by atoms with Crippen molar-refractivity contribution in [2.75, 3.05) is 6.54 Å². The van der Waals surface area contributed by atoms with Gasteiger partial charge in [-0.25, -0.2) is 9.61 Å². The maximum atomic E-state index is 12.3. The Kier molecular flexibility index (Phi) is 4.80. The first-order chi connectivity index (χ1) is 13.2. The lowest BCUT2D eigenvalue weighted by Gasteiger charge is -2.06. The van der Waals surface area contributed by atoms with Crippen LogP contribution < -0.4 is 10.9 Å². The Morgan fingerprint density at radius 3 is 2.81 bits per heavy atom. The van der Waals surface area contributed by atoms with Gasteiger partial charge in [0, 0.05) is 6.54 Å². The summed E-state index contributed by atoms with van der Waals surface area (Å²) in [5.74, 6) is 0.226. The standard InChI is InChI=1S/C19H17N5O2S/c25-18(20-9-8-13-5-2-1-3-6-13)12-17-21-22-19(26)15-11-14(23-24(15)17)16-7-4-10-27-16/h1-7,10-11H,8-9,12H2,(H,20,25)(H,22,26). The van der Waals surface area contributed by atoms with Gasteiger partial charge < -0.3 is 5.32 Å². The highest BCUT2D eigenvalue weighted by molar-refractivity contribution is 7.13. The number of hydrogen-bond donors (Lipinski definition) is 2. The van der Waals surface area contributed by atoms with Crippen LogP contribution in [0.3, 0.4) is 0 Å². The molecular weight excluding hydrogens is 362 g/mol. The van der Waals surface area contributed by atoms with Crippen molar-refractivity contribution in [3.05, 3.63) is 75.7 Å². The molecule has 8 heteroatoms. The number of aromatic nitrogens is 4. The summed E-state index contributed by atoms with van der Waals surface area (Å²) in [6.07, 6.45) is 0.791. The first kappa shape index (κ1) is 17.2. The van der Waals surface area contributed by atoms with E-state index in [1.54, 1.807) is 6.07 Å². The molecule has 3 heterocycles. The van der Waals surface area contributed by atoms with E-state index in [1.807, 2.05) is 47.8 Å². The number of benzene rings is 1. The van der Waals surface area contributed by atoms with Crippen LogP contribution in [0.25, 0.3) is 16.1 Å². The molecule has 2 N–H and O–H groups in total. The Morgan fingerprint density at radius 2 is 2.04 bits per heavy atom. The summed E-state index contributed by atoms with van der Waals surface area (Å²) in [5.41, 5.74) is 1.89. The molecule has 1 amide bonds. The lowest BCUT2D eigenvalue weighted by molar-refractivity contribution is -0.120. The van der Waals surface area contributed by atoms with Crippen LogP contribution in [-0.2, 0) is 17.6 Å². The van der Waals surface area contributed by atoms with Gasteiger partial charge in [-0.1, -0.05) is 36.4 Å². The molecule has 0 unspecified atom stereocenters. The highest BCUT2D eigenvalue weighted by atomic mass is 32.1. The smallest absolute Gasteiger partial charge is 0.290 e. The number of amides is 1. The largest absolute Gasteiger partial charge is 0.355 e. The van der Waals surface area contributed by atoms with Crippen LogP contribution in [0.1, 0.15) is 11.4 Å². The fraction of sp³-hybridized carbons (Fsp3) is 0.158. The molecule has 0 saturated heterocycles. The van der Waals surface area contributed by atoms with Crippen LogP contribution in [0.15, 0.2) is 58.7 Å². The summed E-state index contributed by atoms with van der Waals surface area (Å²) in [4.78, 5) is 25.3. The molecule has 0 fully saturated rings. The molecule has 1 aromatic carbocycles. The van der Waals surface area contributed by atoms with Crippen molar-refractivity contribution in [2.45, 2.75) is 12.8 Å². The zero-order valence-electron chi connectivity index (χ0n) is 14.4. The Bertz CT molecular complexity index is 1120. The molecule has 27 heavy (non-hydrogen) atoms. The minimum atomic E-state index is -0.335. The van der Waals surface area contributed by atoms with E-state index in [0.29, 0.717) is 23.6 Å². The minimum Gasteiger partial charge on any atom is -0.355 e. The average molecular weight is 379 g/mol. The summed E-state index contributed by atoms with van der Waals surface area (Å²) in [6.45, 7) is 0.537. The van der Waals surface area contributed by atoms with Crippen molar-refractivity contribution < 1.29 is 4.79 Å². The van der Waals surface area contributed by atoms with Crippen molar-refractivity contribution in [3.63, 3.8) is 0 Å². The van der Waals surface area contributed by atoms with E-state index in [4.69, 9.17) is 0 Å². The number of hydrogen-bond acceptors (Lipinski definition) is 5. The van der Waals surface area contributed by atoms with Crippen molar-refractivity contribution >= 4 is 22.8 Å². The molecule has 3 aromatic heterocycles. The molecule has 0 saturated carbocycles. The van der Waals surface area contributed by atoms with Crippen molar-refractivity contribution in [1.82, 2.24) is 25.1 Å². The van der Waals surface area contributed by atoms with Crippen LogP contribution in [0.5, 0.6) is 0 Å². The number of nitrogens with zero attached hydrogens (tertiary/aromatic N) is 3. The number of fused-ring (bicyclic) bond motifs is 1. The van der Waals surface area contributed by atoms with Gasteiger partial charge in [-0.3, -0.25) is 9.59 Å². The summed E-state index contributed by atoms with van der Waals surface area (Å²) in [7, 11) is 0. The molecular formula is C19H17N5O2S. The van der Waals surface area contributed by atoms with Crippen LogP contribution in [-0.4, -0.2) is 32.3 Å². The highest BCUT2D eigenvalue weighted by Gasteiger charge is 2.14. The Morgan fingerprint density at radius 1 is 1.19 bits per heavy atom. The first-order valence-corrected chi connectivity index (χ1v) is 9.40.